The standard InChI is InChI=1S/C22H21F2N3O2/c23-17-5-1-2-7-19(17)26-10-12-27(13-11-26)20(28)9-8-16-14-15-4-3-6-18(24)21(15)22(29)25-16/h1-7,14H,8-13H2,(H,25,29). The number of carbonyl (C=O) groups is 1. The SMILES string of the molecule is O=C(CCc1cc2cccc(F)c2c(=O)[nH]1)N1CCN(c2ccccc2F)CC1. The van der Waals surface area contributed by atoms with Gasteiger partial charge in [0, 0.05) is 38.3 Å². The summed E-state index contributed by atoms with van der Waals surface area (Å²) in [5.41, 5.74) is 0.675. The van der Waals surface area contributed by atoms with E-state index in [1.807, 2.05) is 4.90 Å². The molecule has 0 atom stereocenters. The van der Waals surface area contributed by atoms with Crippen LogP contribution in [0.3, 0.4) is 0 Å². The molecule has 4 rings (SSSR count). The molecule has 1 amide bonds. The maximum atomic E-state index is 13.9. The van der Waals surface area contributed by atoms with Gasteiger partial charge >= 0.3 is 0 Å². The second kappa shape index (κ2) is 8.03. The van der Waals surface area contributed by atoms with Crippen molar-refractivity contribution in [2.24, 2.45) is 0 Å². The van der Waals surface area contributed by atoms with E-state index in [0.717, 1.165) is 0 Å². The molecule has 0 aliphatic carbocycles. The number of aryl methyl sites for hydroxylation is 1. The Hall–Kier alpha value is -3.22. The Morgan fingerprint density at radius 3 is 2.45 bits per heavy atom. The molecule has 1 aromatic heterocycles. The number of aromatic amines is 1. The third-order valence-corrected chi connectivity index (χ3v) is 5.31. The minimum absolute atomic E-state index is 0.0154. The van der Waals surface area contributed by atoms with Gasteiger partial charge in [0.15, 0.2) is 0 Å². The highest BCUT2D eigenvalue weighted by Gasteiger charge is 2.22. The van der Waals surface area contributed by atoms with Gasteiger partial charge in [-0.05, 0) is 36.1 Å². The van der Waals surface area contributed by atoms with Gasteiger partial charge in [-0.25, -0.2) is 8.78 Å². The fourth-order valence-corrected chi connectivity index (χ4v) is 3.77. The van der Waals surface area contributed by atoms with E-state index in [2.05, 4.69) is 4.98 Å². The first-order valence-electron chi connectivity index (χ1n) is 9.60. The van der Waals surface area contributed by atoms with Crippen LogP contribution in [-0.2, 0) is 11.2 Å². The number of hydrogen-bond acceptors (Lipinski definition) is 3. The van der Waals surface area contributed by atoms with Crippen LogP contribution in [0.5, 0.6) is 0 Å². The van der Waals surface area contributed by atoms with Crippen LogP contribution < -0.4 is 10.5 Å². The lowest BCUT2D eigenvalue weighted by Crippen LogP contribution is -2.49. The Balaban J connectivity index is 1.37. The Kier molecular flexibility index (Phi) is 5.29. The molecule has 1 aliphatic rings. The average Bonchev–Trinajstić information content (AvgIpc) is 2.72. The highest BCUT2D eigenvalue weighted by molar-refractivity contribution is 5.82. The van der Waals surface area contributed by atoms with Crippen LogP contribution in [0, 0.1) is 11.6 Å². The summed E-state index contributed by atoms with van der Waals surface area (Å²) in [6.45, 7) is 2.18. The van der Waals surface area contributed by atoms with Crippen molar-refractivity contribution in [1.82, 2.24) is 9.88 Å². The Morgan fingerprint density at radius 1 is 0.966 bits per heavy atom. The summed E-state index contributed by atoms with van der Waals surface area (Å²) in [6, 6.07) is 12.8. The second-order valence-corrected chi connectivity index (χ2v) is 7.15. The van der Waals surface area contributed by atoms with Gasteiger partial charge in [0.2, 0.25) is 5.91 Å². The van der Waals surface area contributed by atoms with E-state index >= 15 is 0 Å². The summed E-state index contributed by atoms with van der Waals surface area (Å²) in [5, 5.41) is 0.557. The molecule has 0 radical (unpaired) electrons. The number of hydrogen-bond donors (Lipinski definition) is 1. The van der Waals surface area contributed by atoms with E-state index in [4.69, 9.17) is 0 Å². The van der Waals surface area contributed by atoms with Crippen LogP contribution in [0.4, 0.5) is 14.5 Å². The molecule has 2 heterocycles. The normalized spacial score (nSPS) is 14.4. The number of aromatic nitrogens is 1. The predicted molar refractivity (Wildman–Crippen MR) is 108 cm³/mol. The first-order valence-corrected chi connectivity index (χ1v) is 9.60. The molecule has 29 heavy (non-hydrogen) atoms. The number of nitrogens with zero attached hydrogens (tertiary/aromatic N) is 2. The van der Waals surface area contributed by atoms with Gasteiger partial charge in [-0.2, -0.15) is 0 Å². The third-order valence-electron chi connectivity index (χ3n) is 5.31. The van der Waals surface area contributed by atoms with Crippen LogP contribution in [0.25, 0.3) is 10.8 Å². The molecule has 7 heteroatoms. The summed E-state index contributed by atoms with van der Waals surface area (Å²) < 4.78 is 27.7. The Labute approximate surface area is 166 Å². The quantitative estimate of drug-likeness (QED) is 0.736. The zero-order chi connectivity index (χ0) is 20.4. The zero-order valence-electron chi connectivity index (χ0n) is 15.8. The van der Waals surface area contributed by atoms with E-state index < -0.39 is 11.4 Å². The lowest BCUT2D eigenvalue weighted by atomic mass is 10.1. The Bertz CT molecular complexity index is 1100. The molecular weight excluding hydrogens is 376 g/mol. The summed E-state index contributed by atoms with van der Waals surface area (Å²) in [5.74, 6) is -0.832. The minimum atomic E-state index is -0.556. The van der Waals surface area contributed by atoms with Gasteiger partial charge in [0.05, 0.1) is 11.1 Å². The molecule has 3 aromatic rings. The summed E-state index contributed by atoms with van der Waals surface area (Å²) in [4.78, 5) is 31.1. The van der Waals surface area contributed by atoms with Gasteiger partial charge in [-0.15, -0.1) is 0 Å². The van der Waals surface area contributed by atoms with Crippen LogP contribution in [0.15, 0.2) is 53.3 Å². The van der Waals surface area contributed by atoms with Crippen LogP contribution in [-0.4, -0.2) is 42.0 Å². The fourth-order valence-electron chi connectivity index (χ4n) is 3.77. The predicted octanol–water partition coefficient (Wildman–Crippen LogP) is 3.09. The van der Waals surface area contributed by atoms with E-state index in [9.17, 15) is 18.4 Å². The van der Waals surface area contributed by atoms with Gasteiger partial charge in [0.1, 0.15) is 11.6 Å². The number of rotatable bonds is 4. The third kappa shape index (κ3) is 3.99. The van der Waals surface area contributed by atoms with Crippen LogP contribution in [0.1, 0.15) is 12.1 Å². The summed E-state index contributed by atoms with van der Waals surface area (Å²) in [6.07, 6.45) is 0.616. The molecule has 0 spiro atoms. The average molecular weight is 397 g/mol. The van der Waals surface area contributed by atoms with Crippen molar-refractivity contribution in [2.45, 2.75) is 12.8 Å². The lowest BCUT2D eigenvalue weighted by Gasteiger charge is -2.36. The number of para-hydroxylation sites is 1. The van der Waals surface area contributed by atoms with E-state index in [-0.39, 0.29) is 23.5 Å². The summed E-state index contributed by atoms with van der Waals surface area (Å²) >= 11 is 0. The van der Waals surface area contributed by atoms with Crippen LogP contribution in [0.2, 0.25) is 0 Å². The van der Waals surface area contributed by atoms with E-state index in [1.165, 1.54) is 12.1 Å². The number of amides is 1. The molecular formula is C22H21F2N3O2. The number of benzene rings is 2. The first kappa shape index (κ1) is 19.1. The first-order chi connectivity index (χ1) is 14.0. The van der Waals surface area contributed by atoms with Crippen molar-refractivity contribution in [1.29, 1.82) is 0 Å². The van der Waals surface area contributed by atoms with E-state index in [0.29, 0.717) is 49.4 Å². The van der Waals surface area contributed by atoms with E-state index in [1.54, 1.807) is 41.3 Å². The van der Waals surface area contributed by atoms with Gasteiger partial charge in [-0.1, -0.05) is 24.3 Å². The smallest absolute Gasteiger partial charge is 0.258 e. The van der Waals surface area contributed by atoms with Gasteiger partial charge in [-0.3, -0.25) is 9.59 Å². The van der Waals surface area contributed by atoms with Crippen molar-refractivity contribution in [3.8, 4) is 0 Å². The molecule has 1 saturated heterocycles. The highest BCUT2D eigenvalue weighted by Crippen LogP contribution is 2.20. The number of halogens is 2. The largest absolute Gasteiger partial charge is 0.366 e. The molecule has 1 N–H and O–H groups in total. The molecule has 150 valence electrons. The van der Waals surface area contributed by atoms with Gasteiger partial charge in [0.25, 0.3) is 5.56 Å². The minimum Gasteiger partial charge on any atom is -0.366 e. The molecule has 2 aromatic carbocycles. The number of nitrogens with one attached hydrogen (secondary N) is 1. The van der Waals surface area contributed by atoms with Gasteiger partial charge < -0.3 is 14.8 Å². The lowest BCUT2D eigenvalue weighted by molar-refractivity contribution is -0.131. The second-order valence-electron chi connectivity index (χ2n) is 7.15. The topological polar surface area (TPSA) is 56.4 Å². The molecule has 5 nitrogen and oxygen atoms in total. The van der Waals surface area contributed by atoms with Crippen LogP contribution >= 0.6 is 0 Å². The Morgan fingerprint density at radius 2 is 1.69 bits per heavy atom. The van der Waals surface area contributed by atoms with Crippen molar-refractivity contribution in [3.63, 3.8) is 0 Å². The molecule has 0 saturated carbocycles. The van der Waals surface area contributed by atoms with Crippen molar-refractivity contribution in [3.05, 3.63) is 76.2 Å². The maximum absolute atomic E-state index is 13.9. The number of fused-ring (bicyclic) bond motifs is 1. The molecule has 0 unspecified atom stereocenters. The number of pyridine rings is 1. The van der Waals surface area contributed by atoms with Crippen molar-refractivity contribution < 1.29 is 13.6 Å². The number of H-pyrrole nitrogens is 1. The number of anilines is 1. The van der Waals surface area contributed by atoms with Crippen molar-refractivity contribution in [2.75, 3.05) is 31.1 Å². The molecule has 1 aliphatic heterocycles. The molecule has 1 fully saturated rings. The number of carbonyl (C=O) groups excluding carboxylic acids is 1. The zero-order valence-corrected chi connectivity index (χ0v) is 15.8. The molecule has 0 bridgehead atoms. The number of piperazine rings is 1. The monoisotopic (exact) mass is 397 g/mol. The highest BCUT2D eigenvalue weighted by atomic mass is 19.1. The maximum Gasteiger partial charge on any atom is 0.258 e. The summed E-state index contributed by atoms with van der Waals surface area (Å²) in [7, 11) is 0. The van der Waals surface area contributed by atoms with Crippen molar-refractivity contribution >= 4 is 22.4 Å². The fraction of sp³-hybridized carbons (Fsp3) is 0.273.